The van der Waals surface area contributed by atoms with Crippen LogP contribution >= 0.6 is 0 Å². The molecule has 1 rings (SSSR count). The van der Waals surface area contributed by atoms with E-state index in [0.717, 1.165) is 19.3 Å². The molecule has 4 N–H and O–H groups in total. The molecule has 0 spiro atoms. The number of ether oxygens (including phenoxy) is 2. The standard InChI is InChI=1S/C28H53NO7/c1-3-4-5-6-7-8-9-10-11-12-13-14-15-16-17-18-19-20-21-35-28-23(29-22(2)30)24(31)25(32)26(36-28)27(33)34/h23-26,28,31-32H,3-21H2,1-2H3,(H,29,30)(H,33,34)/t23-,24-,25+,26+,28?/m1/s1. The van der Waals surface area contributed by atoms with Crippen molar-refractivity contribution in [3.63, 3.8) is 0 Å². The number of hydrogen-bond acceptors (Lipinski definition) is 6. The Morgan fingerprint density at radius 3 is 1.53 bits per heavy atom. The Bertz CT molecular complexity index is 574. The molecule has 36 heavy (non-hydrogen) atoms. The van der Waals surface area contributed by atoms with Crippen molar-refractivity contribution >= 4 is 11.9 Å². The highest BCUT2D eigenvalue weighted by Gasteiger charge is 2.48. The van der Waals surface area contributed by atoms with Gasteiger partial charge in [-0.05, 0) is 6.42 Å². The van der Waals surface area contributed by atoms with Gasteiger partial charge in [0, 0.05) is 13.5 Å². The van der Waals surface area contributed by atoms with Gasteiger partial charge in [-0.25, -0.2) is 4.79 Å². The van der Waals surface area contributed by atoms with Gasteiger partial charge in [-0.3, -0.25) is 4.79 Å². The molecule has 1 saturated heterocycles. The van der Waals surface area contributed by atoms with Crippen LogP contribution in [0.5, 0.6) is 0 Å². The quantitative estimate of drug-likeness (QED) is 0.148. The van der Waals surface area contributed by atoms with Gasteiger partial charge in [-0.15, -0.1) is 0 Å². The third kappa shape index (κ3) is 14.5. The number of carbonyl (C=O) groups excluding carboxylic acids is 1. The molecule has 1 heterocycles. The maximum absolute atomic E-state index is 11.4. The number of carbonyl (C=O) groups is 2. The van der Waals surface area contributed by atoms with E-state index in [4.69, 9.17) is 9.47 Å². The zero-order valence-electron chi connectivity index (χ0n) is 22.8. The highest BCUT2D eigenvalue weighted by atomic mass is 16.7. The smallest absolute Gasteiger partial charge is 0.335 e. The molecule has 1 aliphatic rings. The summed E-state index contributed by atoms with van der Waals surface area (Å²) in [5.41, 5.74) is 0. The average Bonchev–Trinajstić information content (AvgIpc) is 2.84. The van der Waals surface area contributed by atoms with Crippen molar-refractivity contribution in [2.24, 2.45) is 0 Å². The van der Waals surface area contributed by atoms with Crippen LogP contribution in [0.25, 0.3) is 0 Å². The van der Waals surface area contributed by atoms with Crippen molar-refractivity contribution in [3.05, 3.63) is 0 Å². The first-order valence-electron chi connectivity index (χ1n) is 14.5. The third-order valence-corrected chi connectivity index (χ3v) is 7.00. The lowest BCUT2D eigenvalue weighted by atomic mass is 9.96. The van der Waals surface area contributed by atoms with Crippen molar-refractivity contribution < 1.29 is 34.4 Å². The summed E-state index contributed by atoms with van der Waals surface area (Å²) in [7, 11) is 0. The lowest BCUT2D eigenvalue weighted by molar-refractivity contribution is -0.264. The van der Waals surface area contributed by atoms with Gasteiger partial charge in [0.15, 0.2) is 12.4 Å². The van der Waals surface area contributed by atoms with Crippen LogP contribution < -0.4 is 5.32 Å². The maximum Gasteiger partial charge on any atom is 0.335 e. The van der Waals surface area contributed by atoms with Crippen LogP contribution in [0.3, 0.4) is 0 Å². The first-order chi connectivity index (χ1) is 17.4. The highest BCUT2D eigenvalue weighted by molar-refractivity contribution is 5.74. The second-order valence-corrected chi connectivity index (χ2v) is 10.4. The normalized spacial score (nSPS) is 24.1. The molecule has 0 aliphatic carbocycles. The van der Waals surface area contributed by atoms with Gasteiger partial charge in [-0.2, -0.15) is 0 Å². The average molecular weight is 516 g/mol. The Kier molecular flexibility index (Phi) is 19.0. The molecule has 0 aromatic heterocycles. The highest BCUT2D eigenvalue weighted by Crippen LogP contribution is 2.23. The molecular weight excluding hydrogens is 462 g/mol. The summed E-state index contributed by atoms with van der Waals surface area (Å²) in [5.74, 6) is -1.81. The lowest BCUT2D eigenvalue weighted by Crippen LogP contribution is -2.65. The van der Waals surface area contributed by atoms with E-state index in [9.17, 15) is 24.9 Å². The van der Waals surface area contributed by atoms with E-state index in [1.165, 1.54) is 103 Å². The van der Waals surface area contributed by atoms with Gasteiger partial charge >= 0.3 is 5.97 Å². The first kappa shape index (κ1) is 32.8. The van der Waals surface area contributed by atoms with Crippen LogP contribution in [0.1, 0.15) is 129 Å². The van der Waals surface area contributed by atoms with Crippen LogP contribution in [-0.4, -0.2) is 64.4 Å². The van der Waals surface area contributed by atoms with E-state index < -0.39 is 42.5 Å². The number of carboxylic acids is 1. The maximum atomic E-state index is 11.4. The minimum absolute atomic E-state index is 0.328. The van der Waals surface area contributed by atoms with Crippen LogP contribution in [0.2, 0.25) is 0 Å². The number of hydrogen-bond donors (Lipinski definition) is 4. The summed E-state index contributed by atoms with van der Waals surface area (Å²) in [5, 5.41) is 31.9. The Hall–Kier alpha value is -1.22. The molecule has 0 aromatic carbocycles. The molecule has 0 aromatic rings. The third-order valence-electron chi connectivity index (χ3n) is 7.00. The van der Waals surface area contributed by atoms with E-state index in [2.05, 4.69) is 12.2 Å². The Labute approximate surface area is 218 Å². The summed E-state index contributed by atoms with van der Waals surface area (Å²) in [6.07, 6.45) is 17.3. The number of carboxylic acid groups (broad SMARTS) is 1. The van der Waals surface area contributed by atoms with Gasteiger partial charge in [0.2, 0.25) is 5.91 Å². The molecule has 5 atom stereocenters. The molecular formula is C28H53NO7. The van der Waals surface area contributed by atoms with E-state index in [1.54, 1.807) is 0 Å². The monoisotopic (exact) mass is 515 g/mol. The van der Waals surface area contributed by atoms with Gasteiger partial charge in [0.25, 0.3) is 0 Å². The van der Waals surface area contributed by atoms with E-state index in [-0.39, 0.29) is 0 Å². The van der Waals surface area contributed by atoms with Crippen molar-refractivity contribution in [1.29, 1.82) is 0 Å². The molecule has 1 amide bonds. The van der Waals surface area contributed by atoms with Crippen molar-refractivity contribution in [1.82, 2.24) is 5.32 Å². The molecule has 0 radical (unpaired) electrons. The summed E-state index contributed by atoms with van der Waals surface area (Å²) < 4.78 is 11.0. The molecule has 1 aliphatic heterocycles. The van der Waals surface area contributed by atoms with Crippen LogP contribution in [0, 0.1) is 0 Å². The van der Waals surface area contributed by atoms with Gasteiger partial charge < -0.3 is 30.1 Å². The lowest BCUT2D eigenvalue weighted by Gasteiger charge is -2.41. The van der Waals surface area contributed by atoms with Crippen molar-refractivity contribution in [2.75, 3.05) is 6.61 Å². The first-order valence-corrected chi connectivity index (χ1v) is 14.5. The Morgan fingerprint density at radius 2 is 1.14 bits per heavy atom. The van der Waals surface area contributed by atoms with E-state index in [0.29, 0.717) is 6.61 Å². The number of nitrogens with one attached hydrogen (secondary N) is 1. The topological polar surface area (TPSA) is 125 Å². The Balaban J connectivity index is 2.01. The fraction of sp³-hybridized carbons (Fsp3) is 0.929. The van der Waals surface area contributed by atoms with Crippen molar-refractivity contribution in [2.45, 2.75) is 160 Å². The van der Waals surface area contributed by atoms with E-state index >= 15 is 0 Å². The zero-order chi connectivity index (χ0) is 26.6. The summed E-state index contributed by atoms with van der Waals surface area (Å²) in [6.45, 7) is 3.87. The molecule has 212 valence electrons. The largest absolute Gasteiger partial charge is 0.479 e. The minimum Gasteiger partial charge on any atom is -0.479 e. The second-order valence-electron chi connectivity index (χ2n) is 10.4. The second kappa shape index (κ2) is 20.8. The molecule has 0 bridgehead atoms. The molecule has 1 unspecified atom stereocenters. The fourth-order valence-corrected chi connectivity index (χ4v) is 4.80. The predicted molar refractivity (Wildman–Crippen MR) is 141 cm³/mol. The van der Waals surface area contributed by atoms with Gasteiger partial charge in [0.1, 0.15) is 18.2 Å². The number of aliphatic carboxylic acids is 1. The van der Waals surface area contributed by atoms with Gasteiger partial charge in [0.05, 0.1) is 0 Å². The number of unbranched alkanes of at least 4 members (excludes halogenated alkanes) is 17. The van der Waals surface area contributed by atoms with Gasteiger partial charge in [-0.1, -0.05) is 116 Å². The molecule has 0 saturated carbocycles. The summed E-state index contributed by atoms with van der Waals surface area (Å²) in [4.78, 5) is 22.7. The summed E-state index contributed by atoms with van der Waals surface area (Å²) >= 11 is 0. The van der Waals surface area contributed by atoms with Crippen LogP contribution in [0.15, 0.2) is 0 Å². The zero-order valence-corrected chi connectivity index (χ0v) is 22.8. The Morgan fingerprint density at radius 1 is 0.722 bits per heavy atom. The molecule has 8 heteroatoms. The number of amides is 1. The fourth-order valence-electron chi connectivity index (χ4n) is 4.80. The number of aliphatic hydroxyl groups excluding tert-OH is 2. The predicted octanol–water partition coefficient (Wildman–Crippen LogP) is 5.08. The molecule has 8 nitrogen and oxygen atoms in total. The number of rotatable bonds is 22. The summed E-state index contributed by atoms with van der Waals surface area (Å²) in [6, 6.07) is -1.02. The van der Waals surface area contributed by atoms with Crippen LogP contribution in [-0.2, 0) is 19.1 Å². The SMILES string of the molecule is CCCCCCCCCCCCCCCCCCCCOC1O[C@H](C(=O)O)[C@@H](O)[C@H](O)[C@H]1NC(C)=O. The molecule has 1 fully saturated rings. The van der Waals surface area contributed by atoms with Crippen molar-refractivity contribution in [3.8, 4) is 0 Å². The number of aliphatic hydroxyl groups is 2. The minimum atomic E-state index is -1.65. The van der Waals surface area contributed by atoms with Crippen LogP contribution in [0.4, 0.5) is 0 Å². The van der Waals surface area contributed by atoms with E-state index in [1.807, 2.05) is 0 Å².